The Bertz CT molecular complexity index is 3380. The molecule has 74 heavy (non-hydrogen) atoms. The molecule has 0 radical (unpaired) electrons. The van der Waals surface area contributed by atoms with Crippen molar-refractivity contribution in [3.05, 3.63) is 96.6 Å². The first kappa shape index (κ1) is 69.4. The molecule has 4 aromatic carbocycles. The van der Waals surface area contributed by atoms with Crippen LogP contribution in [0.25, 0.3) is 21.5 Å². The molecule has 6 rings (SSSR count). The zero-order valence-corrected chi connectivity index (χ0v) is 56.1. The van der Waals surface area contributed by atoms with E-state index in [2.05, 4.69) is 31.9 Å². The summed E-state index contributed by atoms with van der Waals surface area (Å²) in [5, 5.41) is 14.9. The fourth-order valence-corrected chi connectivity index (χ4v) is 9.62. The van der Waals surface area contributed by atoms with Crippen molar-refractivity contribution in [2.75, 3.05) is 34.4 Å². The summed E-state index contributed by atoms with van der Waals surface area (Å²) < 4.78 is 143. The van der Waals surface area contributed by atoms with Crippen LogP contribution in [-0.2, 0) is 64.2 Å². The number of nitrogens with zero attached hydrogens (tertiary/aromatic N) is 2. The number of hydrogen-bond donors (Lipinski definition) is 6. The first-order chi connectivity index (χ1) is 32.6. The van der Waals surface area contributed by atoms with Gasteiger partial charge in [0, 0.05) is 74.6 Å². The number of carbonyl (C=O) groups is 5. The first-order valence-electron chi connectivity index (χ1n) is 20.1. The van der Waals surface area contributed by atoms with Crippen LogP contribution in [0.3, 0.4) is 0 Å². The largest absolute Gasteiger partial charge is 1.00 e. The van der Waals surface area contributed by atoms with E-state index in [-0.39, 0.29) is 300 Å². The summed E-state index contributed by atoms with van der Waals surface area (Å²) in [5.41, 5.74) is 0.640. The Hall–Kier alpha value is -0.705. The molecule has 25 nitrogen and oxygen atoms in total. The van der Waals surface area contributed by atoms with E-state index in [1.807, 2.05) is 0 Å². The molecule has 33 heteroatoms. The number of aromatic nitrogens is 2. The van der Waals surface area contributed by atoms with Crippen LogP contribution in [0.5, 0.6) is 0 Å². The molecule has 0 saturated heterocycles. The molecule has 0 aliphatic rings. The van der Waals surface area contributed by atoms with E-state index in [9.17, 15) is 75.9 Å². The van der Waals surface area contributed by atoms with Gasteiger partial charge in [-0.2, -0.15) is 0 Å². The average molecular weight is 1200 g/mol. The molecule has 0 spiro atoms. The molecule has 6 amide bonds. The number of urea groups is 1. The monoisotopic (exact) mass is 1200 g/mol. The van der Waals surface area contributed by atoms with Gasteiger partial charge in [-0.05, 0) is 84.3 Å². The Morgan fingerprint density at radius 2 is 0.811 bits per heavy atom. The van der Waals surface area contributed by atoms with Crippen LogP contribution in [0.4, 0.5) is 27.5 Å². The summed E-state index contributed by atoms with van der Waals surface area (Å²) in [6.07, 6.45) is 3.27. The van der Waals surface area contributed by atoms with E-state index in [1.165, 1.54) is 72.0 Å². The Balaban J connectivity index is 0.00000469. The Kier molecular flexibility index (Phi) is 27.3. The Morgan fingerprint density at radius 1 is 0.459 bits per heavy atom. The fourth-order valence-electron chi connectivity index (χ4n) is 6.97. The van der Waals surface area contributed by atoms with Crippen molar-refractivity contribution in [1.29, 1.82) is 0 Å². The number of rotatable bonds is 18. The number of amides is 6. The minimum atomic E-state index is -5.25. The minimum Gasteiger partial charge on any atom is -0.744 e. The predicted molar refractivity (Wildman–Crippen MR) is 244 cm³/mol. The topological polar surface area (TPSA) is 396 Å². The number of nitrogens with one attached hydrogen (secondary N) is 6. The third-order valence-electron chi connectivity index (χ3n) is 10.2. The fraction of sp³-hybridized carbons (Fsp3) is 0.195. The van der Waals surface area contributed by atoms with Crippen LogP contribution >= 0.6 is 0 Å². The van der Waals surface area contributed by atoms with E-state index in [0.717, 1.165) is 24.3 Å². The third kappa shape index (κ3) is 19.2. The van der Waals surface area contributed by atoms with Crippen LogP contribution in [0.2, 0.25) is 0 Å². The number of benzene rings is 4. The summed E-state index contributed by atoms with van der Waals surface area (Å²) in [4.78, 5) is 60.0. The molecular weight excluding hydrogens is 1160 g/mol. The van der Waals surface area contributed by atoms with Gasteiger partial charge in [0.05, 0.1) is 31.0 Å². The number of anilines is 4. The number of aryl methyl sites for hydroxylation is 2. The molecule has 0 aliphatic heterocycles. The van der Waals surface area contributed by atoms with Gasteiger partial charge in [-0.25, -0.2) is 38.5 Å². The van der Waals surface area contributed by atoms with Gasteiger partial charge in [0.15, 0.2) is 0 Å². The van der Waals surface area contributed by atoms with Crippen molar-refractivity contribution >= 4 is 114 Å². The standard InChI is InChI=1S/C41H42N8O17S4.4K/c1-48-21-27(17-33(48)39(52)46-25-9-7-23-13-29(67(55,56)57)19-35(31(23)15-25)69(61,62)63)44-37(50)5-3-11-42-41(54)43-12-4-6-38(51)45-28-18-34(49(2)22-28)40(53)47-26-10-8-24-14-30(68(58,59)60)20-36(32(24)16-26)70(64,65)66;;;;/h7-10,13-22H,3-6,11-12H2,1-2H3,(H,44,50)(H,45,51)(H,46,52)(H,47,53)(H2,42,43,54)(H,55,56,57)(H,58,59,60)(H,61,62,63)(H,64,65,66);;;;/q;4*+1/p-4. The van der Waals surface area contributed by atoms with Crippen molar-refractivity contribution in [1.82, 2.24) is 19.8 Å². The van der Waals surface area contributed by atoms with Crippen LogP contribution in [0.15, 0.2) is 105 Å². The van der Waals surface area contributed by atoms with Crippen molar-refractivity contribution in [3.8, 4) is 0 Å². The molecule has 372 valence electrons. The molecular formula is C41H38K4N8O17S4. The molecule has 0 unspecified atom stereocenters. The molecule has 2 heterocycles. The van der Waals surface area contributed by atoms with Crippen molar-refractivity contribution in [2.24, 2.45) is 14.1 Å². The number of carbonyl (C=O) groups excluding carboxylic acids is 5. The van der Waals surface area contributed by atoms with E-state index in [1.54, 1.807) is 0 Å². The molecule has 2 aromatic heterocycles. The average Bonchev–Trinajstić information content (AvgIpc) is 3.81. The molecule has 6 N–H and O–H groups in total. The summed E-state index contributed by atoms with van der Waals surface area (Å²) in [5.74, 6) is -2.30. The molecule has 6 aromatic rings. The maximum atomic E-state index is 13.1. The maximum absolute atomic E-state index is 13.1. The van der Waals surface area contributed by atoms with Crippen LogP contribution < -0.4 is 237 Å². The first-order valence-corrected chi connectivity index (χ1v) is 25.8. The van der Waals surface area contributed by atoms with Gasteiger partial charge >= 0.3 is 212 Å². The van der Waals surface area contributed by atoms with Crippen LogP contribution in [0, 0.1) is 0 Å². The van der Waals surface area contributed by atoms with Crippen LogP contribution in [-0.4, -0.2) is 104 Å². The van der Waals surface area contributed by atoms with Gasteiger partial charge < -0.3 is 59.2 Å². The van der Waals surface area contributed by atoms with Crippen molar-refractivity contribution in [2.45, 2.75) is 45.3 Å². The van der Waals surface area contributed by atoms with Gasteiger partial charge in [0.1, 0.15) is 51.9 Å². The van der Waals surface area contributed by atoms with Crippen LogP contribution in [0.1, 0.15) is 46.7 Å². The van der Waals surface area contributed by atoms with E-state index >= 15 is 0 Å². The molecule has 0 atom stereocenters. The van der Waals surface area contributed by atoms with Crippen molar-refractivity contribution < 1.29 is 281 Å². The maximum Gasteiger partial charge on any atom is 1.00 e. The smallest absolute Gasteiger partial charge is 0.744 e. The van der Waals surface area contributed by atoms with Gasteiger partial charge in [0.2, 0.25) is 11.8 Å². The minimum absolute atomic E-state index is 0. The van der Waals surface area contributed by atoms with Gasteiger partial charge in [-0.1, -0.05) is 12.1 Å². The van der Waals surface area contributed by atoms with Gasteiger partial charge in [0.25, 0.3) is 11.8 Å². The zero-order chi connectivity index (χ0) is 51.5. The predicted octanol–water partition coefficient (Wildman–Crippen LogP) is -9.76. The summed E-state index contributed by atoms with van der Waals surface area (Å²) in [6, 6.07) is 12.1. The molecule has 0 saturated carbocycles. The summed E-state index contributed by atoms with van der Waals surface area (Å²) in [7, 11) is -17.7. The van der Waals surface area contributed by atoms with E-state index in [4.69, 9.17) is 0 Å². The third-order valence-corrected chi connectivity index (χ3v) is 13.6. The van der Waals surface area contributed by atoms with E-state index in [0.29, 0.717) is 12.1 Å². The van der Waals surface area contributed by atoms with Gasteiger partial charge in [-0.3, -0.25) is 19.2 Å². The number of hydrogen-bond acceptors (Lipinski definition) is 17. The quantitative estimate of drug-likeness (QED) is 0.0264. The molecule has 0 fully saturated rings. The number of fused-ring (bicyclic) bond motifs is 2. The van der Waals surface area contributed by atoms with Crippen molar-refractivity contribution in [3.63, 3.8) is 0 Å². The molecule has 0 aliphatic carbocycles. The SMILES string of the molecule is Cn1cc(NC(=O)CCCNC(=O)NCCCC(=O)Nc2cc(C(=O)Nc3ccc4cc(S(=O)(=O)[O-])cc(S(=O)(=O)[O-])c4c3)n(C)c2)cc1C(=O)Nc1ccc2cc(S(=O)(=O)[O-])cc(S(=O)(=O)[O-])c2c1.[K+].[K+].[K+].[K+]. The Morgan fingerprint density at radius 3 is 1.14 bits per heavy atom. The van der Waals surface area contributed by atoms with E-state index < -0.39 is 89.7 Å². The summed E-state index contributed by atoms with van der Waals surface area (Å²) >= 11 is 0. The zero-order valence-electron chi connectivity index (χ0n) is 40.3. The second kappa shape index (κ2) is 29.1. The van der Waals surface area contributed by atoms with Gasteiger partial charge in [-0.15, -0.1) is 0 Å². The summed E-state index contributed by atoms with van der Waals surface area (Å²) in [6.45, 7) is 0.196. The second-order valence-corrected chi connectivity index (χ2v) is 20.8. The normalized spacial score (nSPS) is 11.4. The Labute approximate surface area is 594 Å². The molecule has 0 bridgehead atoms. The second-order valence-electron chi connectivity index (χ2n) is 15.4.